The summed E-state index contributed by atoms with van der Waals surface area (Å²) in [4.78, 5) is 28.4. The summed E-state index contributed by atoms with van der Waals surface area (Å²) in [7, 11) is 0. The van der Waals surface area contributed by atoms with Crippen LogP contribution in [0.5, 0.6) is 0 Å². The first-order chi connectivity index (χ1) is 17.2. The van der Waals surface area contributed by atoms with Gasteiger partial charge >= 0.3 is 0 Å². The molecule has 0 aromatic heterocycles. The van der Waals surface area contributed by atoms with Gasteiger partial charge in [-0.15, -0.1) is 0 Å². The second-order valence-corrected chi connectivity index (χ2v) is 10.6. The number of rotatable bonds is 5. The second kappa shape index (κ2) is 10.8. The number of halogens is 2. The summed E-state index contributed by atoms with van der Waals surface area (Å²) in [5.74, 6) is -0.808. The van der Waals surface area contributed by atoms with Crippen LogP contribution in [0.3, 0.4) is 0 Å². The Morgan fingerprint density at radius 1 is 1.06 bits per heavy atom. The van der Waals surface area contributed by atoms with Crippen LogP contribution in [-0.4, -0.2) is 17.1 Å². The minimum Gasteiger partial charge on any atom is -0.321 e. The van der Waals surface area contributed by atoms with Crippen LogP contribution in [0.1, 0.15) is 22.3 Å². The van der Waals surface area contributed by atoms with Crippen molar-refractivity contribution in [1.29, 1.82) is 5.26 Å². The highest BCUT2D eigenvalue weighted by Gasteiger charge is 2.41. The number of nitriles is 1. The van der Waals surface area contributed by atoms with E-state index in [-0.39, 0.29) is 11.5 Å². The molecule has 8 heteroatoms. The third-order valence-corrected chi connectivity index (χ3v) is 8.12. The molecule has 0 spiro atoms. The molecule has 0 saturated carbocycles. The summed E-state index contributed by atoms with van der Waals surface area (Å²) in [6.45, 7) is 5.88. The fourth-order valence-corrected chi connectivity index (χ4v) is 5.52. The third-order valence-electron chi connectivity index (χ3n) is 6.00. The molecule has 1 aliphatic rings. The molecule has 1 fully saturated rings. The lowest BCUT2D eigenvalue weighted by Gasteiger charge is -2.20. The van der Waals surface area contributed by atoms with Crippen LogP contribution in [0.4, 0.5) is 11.4 Å². The maximum atomic E-state index is 13.7. The van der Waals surface area contributed by atoms with Crippen molar-refractivity contribution in [3.8, 4) is 6.07 Å². The van der Waals surface area contributed by atoms with Crippen LogP contribution < -0.4 is 10.2 Å². The smallest absolute Gasteiger partial charge is 0.269 e. The molecule has 3 aromatic rings. The van der Waals surface area contributed by atoms with E-state index in [1.807, 2.05) is 63.2 Å². The Morgan fingerprint density at radius 2 is 1.78 bits per heavy atom. The molecule has 1 saturated heterocycles. The number of benzene rings is 3. The van der Waals surface area contributed by atoms with Gasteiger partial charge < -0.3 is 5.32 Å². The SMILES string of the molecule is Cc1ccc(NC(=O)/C(C#N)=C2\S[C@H](Cc3cccc(Cl)c3Cl)C(=O)N2c2ccc(C)c(C)c2)cc1. The van der Waals surface area contributed by atoms with E-state index in [2.05, 4.69) is 5.32 Å². The number of amides is 2. The molecule has 0 radical (unpaired) electrons. The van der Waals surface area contributed by atoms with Gasteiger partial charge in [0.2, 0.25) is 5.91 Å². The predicted molar refractivity (Wildman–Crippen MR) is 147 cm³/mol. The molecule has 0 unspecified atom stereocenters. The van der Waals surface area contributed by atoms with Crippen LogP contribution in [0.25, 0.3) is 0 Å². The molecule has 5 nitrogen and oxygen atoms in total. The molecule has 1 aliphatic heterocycles. The number of hydrogen-bond acceptors (Lipinski definition) is 4. The van der Waals surface area contributed by atoms with Crippen LogP contribution in [0.2, 0.25) is 10.0 Å². The minimum absolute atomic E-state index is 0.133. The summed E-state index contributed by atoms with van der Waals surface area (Å²) >= 11 is 13.8. The van der Waals surface area contributed by atoms with E-state index in [4.69, 9.17) is 23.2 Å². The monoisotopic (exact) mass is 535 g/mol. The lowest BCUT2D eigenvalue weighted by molar-refractivity contribution is -0.117. The van der Waals surface area contributed by atoms with Gasteiger partial charge in [0.15, 0.2) is 0 Å². The minimum atomic E-state index is -0.590. The molecule has 1 atom stereocenters. The van der Waals surface area contributed by atoms with E-state index in [1.54, 1.807) is 24.3 Å². The summed E-state index contributed by atoms with van der Waals surface area (Å²) in [6.07, 6.45) is 0.298. The van der Waals surface area contributed by atoms with Crippen LogP contribution in [0, 0.1) is 32.1 Å². The van der Waals surface area contributed by atoms with E-state index in [9.17, 15) is 14.9 Å². The van der Waals surface area contributed by atoms with Crippen molar-refractivity contribution in [3.63, 3.8) is 0 Å². The highest BCUT2D eigenvalue weighted by molar-refractivity contribution is 8.05. The normalized spacial score (nSPS) is 16.6. The largest absolute Gasteiger partial charge is 0.321 e. The Kier molecular flexibility index (Phi) is 7.75. The predicted octanol–water partition coefficient (Wildman–Crippen LogP) is 6.98. The molecule has 0 aliphatic carbocycles. The van der Waals surface area contributed by atoms with Crippen molar-refractivity contribution in [3.05, 3.63) is 104 Å². The average molecular weight is 536 g/mol. The molecular weight excluding hydrogens is 513 g/mol. The van der Waals surface area contributed by atoms with Crippen LogP contribution in [0.15, 0.2) is 71.3 Å². The van der Waals surface area contributed by atoms with E-state index in [0.717, 1.165) is 22.3 Å². The summed E-state index contributed by atoms with van der Waals surface area (Å²) in [5.41, 5.74) is 4.87. The van der Waals surface area contributed by atoms with Gasteiger partial charge in [-0.2, -0.15) is 5.26 Å². The summed E-state index contributed by atoms with van der Waals surface area (Å²) in [6, 6.07) is 20.2. The molecule has 182 valence electrons. The zero-order valence-corrected chi connectivity index (χ0v) is 22.3. The van der Waals surface area contributed by atoms with Gasteiger partial charge in [0.05, 0.1) is 15.3 Å². The molecule has 1 N–H and O–H groups in total. The van der Waals surface area contributed by atoms with Gasteiger partial charge in [-0.1, -0.05) is 70.9 Å². The fourth-order valence-electron chi connectivity index (χ4n) is 3.82. The average Bonchev–Trinajstić information content (AvgIpc) is 3.16. The zero-order valence-electron chi connectivity index (χ0n) is 19.9. The van der Waals surface area contributed by atoms with Crippen molar-refractivity contribution < 1.29 is 9.59 Å². The second-order valence-electron chi connectivity index (χ2n) is 8.58. The van der Waals surface area contributed by atoms with Crippen molar-refractivity contribution in [2.75, 3.05) is 10.2 Å². The van der Waals surface area contributed by atoms with Gasteiger partial charge in [0.1, 0.15) is 16.7 Å². The third kappa shape index (κ3) is 5.29. The Hall–Kier alpha value is -3.24. The van der Waals surface area contributed by atoms with Gasteiger partial charge in [0.25, 0.3) is 5.91 Å². The van der Waals surface area contributed by atoms with Gasteiger partial charge in [-0.05, 0) is 74.2 Å². The van der Waals surface area contributed by atoms with Gasteiger partial charge in [-0.3, -0.25) is 14.5 Å². The fraction of sp³-hybridized carbons (Fsp3) is 0.179. The highest BCUT2D eigenvalue weighted by atomic mass is 35.5. The maximum Gasteiger partial charge on any atom is 0.269 e. The van der Waals surface area contributed by atoms with Gasteiger partial charge in [-0.25, -0.2) is 0 Å². The van der Waals surface area contributed by atoms with E-state index >= 15 is 0 Å². The zero-order chi connectivity index (χ0) is 26.0. The Labute approximate surface area is 224 Å². The number of anilines is 2. The number of nitrogens with zero attached hydrogens (tertiary/aromatic N) is 2. The van der Waals surface area contributed by atoms with Crippen molar-refractivity contribution in [1.82, 2.24) is 0 Å². The first-order valence-electron chi connectivity index (χ1n) is 11.2. The molecule has 2 amide bonds. The Morgan fingerprint density at radius 3 is 2.44 bits per heavy atom. The topological polar surface area (TPSA) is 73.2 Å². The van der Waals surface area contributed by atoms with Crippen LogP contribution in [-0.2, 0) is 16.0 Å². The highest BCUT2D eigenvalue weighted by Crippen LogP contribution is 2.43. The molecule has 36 heavy (non-hydrogen) atoms. The lowest BCUT2D eigenvalue weighted by atomic mass is 10.1. The van der Waals surface area contributed by atoms with E-state index < -0.39 is 11.2 Å². The van der Waals surface area contributed by atoms with Crippen molar-refractivity contribution >= 4 is 58.2 Å². The lowest BCUT2D eigenvalue weighted by Crippen LogP contribution is -2.31. The van der Waals surface area contributed by atoms with Crippen molar-refractivity contribution in [2.24, 2.45) is 0 Å². The number of hydrogen-bond donors (Lipinski definition) is 1. The number of nitrogens with one attached hydrogen (secondary N) is 1. The number of carbonyl (C=O) groups is 2. The number of aryl methyl sites for hydroxylation is 3. The maximum absolute atomic E-state index is 13.7. The Balaban J connectivity index is 1.76. The van der Waals surface area contributed by atoms with E-state index in [1.165, 1.54) is 16.7 Å². The molecule has 0 bridgehead atoms. The quantitative estimate of drug-likeness (QED) is 0.282. The number of thioether (sulfide) groups is 1. The van der Waals surface area contributed by atoms with E-state index in [0.29, 0.717) is 32.9 Å². The first kappa shape index (κ1) is 25.8. The Bertz CT molecular complexity index is 1430. The summed E-state index contributed by atoms with van der Waals surface area (Å²) in [5, 5.41) is 13.3. The number of carbonyl (C=O) groups excluding carboxylic acids is 2. The molecule has 4 rings (SSSR count). The van der Waals surface area contributed by atoms with Gasteiger partial charge in [0, 0.05) is 11.4 Å². The first-order valence-corrected chi connectivity index (χ1v) is 12.9. The molecular formula is C28H23Cl2N3O2S. The molecule has 3 aromatic carbocycles. The van der Waals surface area contributed by atoms with Crippen molar-refractivity contribution in [2.45, 2.75) is 32.4 Å². The molecule has 1 heterocycles. The van der Waals surface area contributed by atoms with Crippen LogP contribution >= 0.6 is 35.0 Å². The standard InChI is InChI=1S/C28H23Cl2N3O2S/c1-16-7-10-20(11-8-16)32-26(34)22(15-31)28-33(21-12-9-17(2)18(3)13-21)27(35)24(36-28)14-19-5-4-6-23(29)25(19)30/h4-13,24H,14H2,1-3H3,(H,32,34)/b28-22-/t24-/m1/s1. The summed E-state index contributed by atoms with van der Waals surface area (Å²) < 4.78 is 0.